The van der Waals surface area contributed by atoms with Gasteiger partial charge in [0, 0.05) is 12.0 Å². The van der Waals surface area contributed by atoms with E-state index >= 15 is 0 Å². The van der Waals surface area contributed by atoms with Crippen LogP contribution in [0, 0.1) is 10.8 Å². The molecule has 1 fully saturated rings. The quantitative estimate of drug-likeness (QED) is 0.346. The lowest BCUT2D eigenvalue weighted by Crippen LogP contribution is -2.50. The maximum atomic E-state index is 12.7. The number of ether oxygens (including phenoxy) is 2. The fourth-order valence-electron chi connectivity index (χ4n) is 2.16. The van der Waals surface area contributed by atoms with E-state index in [0.717, 1.165) is 0 Å². The van der Waals surface area contributed by atoms with Crippen LogP contribution >= 0.6 is 7.82 Å². The van der Waals surface area contributed by atoms with Crippen molar-refractivity contribution in [2.24, 2.45) is 10.8 Å². The Morgan fingerprint density at radius 2 is 1.86 bits per heavy atom. The molecule has 11 heteroatoms. The van der Waals surface area contributed by atoms with Crippen molar-refractivity contribution in [2.75, 3.05) is 19.9 Å². The Morgan fingerprint density at radius 3 is 2.41 bits per heavy atom. The Kier molecular flexibility index (Phi) is 8.83. The van der Waals surface area contributed by atoms with Gasteiger partial charge in [-0.2, -0.15) is 0 Å². The predicted molar refractivity (Wildman–Crippen MR) is 103 cm³/mol. The number of esters is 2. The van der Waals surface area contributed by atoms with Gasteiger partial charge in [0.25, 0.3) is 0 Å². The van der Waals surface area contributed by atoms with Crippen molar-refractivity contribution in [2.45, 2.75) is 67.1 Å². The van der Waals surface area contributed by atoms with E-state index in [1.165, 1.54) is 0 Å². The van der Waals surface area contributed by atoms with Gasteiger partial charge < -0.3 is 14.8 Å². The summed E-state index contributed by atoms with van der Waals surface area (Å²) in [7, 11) is -4.11. The molecule has 0 bridgehead atoms. The number of hydrogen-bond acceptors (Lipinski definition) is 9. The van der Waals surface area contributed by atoms with Crippen LogP contribution in [0.3, 0.4) is 0 Å². The summed E-state index contributed by atoms with van der Waals surface area (Å²) in [5, 5.41) is 2.56. The van der Waals surface area contributed by atoms with E-state index in [1.807, 2.05) is 0 Å². The summed E-state index contributed by atoms with van der Waals surface area (Å²) in [6.45, 7) is 11.2. The highest BCUT2D eigenvalue weighted by molar-refractivity contribution is 7.48. The molecule has 1 N–H and O–H groups in total. The lowest BCUT2D eigenvalue weighted by atomic mass is 9.87. The van der Waals surface area contributed by atoms with Crippen LogP contribution in [0.2, 0.25) is 0 Å². The summed E-state index contributed by atoms with van der Waals surface area (Å²) in [6.07, 6.45) is -1.40. The van der Waals surface area contributed by atoms with E-state index in [2.05, 4.69) is 5.32 Å². The zero-order valence-electron chi connectivity index (χ0n) is 18.1. The monoisotopic (exact) mass is 437 g/mol. The molecule has 0 aliphatic carbocycles. The van der Waals surface area contributed by atoms with Gasteiger partial charge in [0.1, 0.15) is 0 Å². The van der Waals surface area contributed by atoms with Crippen molar-refractivity contribution in [1.29, 1.82) is 0 Å². The molecule has 1 heterocycles. The van der Waals surface area contributed by atoms with Crippen LogP contribution in [0.5, 0.6) is 0 Å². The molecule has 2 atom stereocenters. The van der Waals surface area contributed by atoms with Gasteiger partial charge in [-0.15, -0.1) is 0 Å². The van der Waals surface area contributed by atoms with Gasteiger partial charge in [-0.25, -0.2) is 9.09 Å². The molecular formula is C18H32NO9P. The summed E-state index contributed by atoms with van der Waals surface area (Å²) in [6, 6.07) is 0. The Hall–Kier alpha value is -1.48. The first-order valence-electron chi connectivity index (χ1n) is 9.38. The van der Waals surface area contributed by atoms with Gasteiger partial charge >= 0.3 is 19.8 Å². The van der Waals surface area contributed by atoms with Crippen LogP contribution < -0.4 is 5.32 Å². The van der Waals surface area contributed by atoms with Gasteiger partial charge in [0.15, 0.2) is 6.10 Å². The van der Waals surface area contributed by atoms with Crippen molar-refractivity contribution in [3.8, 4) is 0 Å². The number of phosphoric acid groups is 1. The second kappa shape index (κ2) is 10.0. The smallest absolute Gasteiger partial charge is 0.463 e. The summed E-state index contributed by atoms with van der Waals surface area (Å²) in [4.78, 5) is 35.8. The molecule has 0 spiro atoms. The number of carbonyl (C=O) groups is 3. The Bertz CT molecular complexity index is 654. The molecule has 29 heavy (non-hydrogen) atoms. The third kappa shape index (κ3) is 8.42. The minimum atomic E-state index is -4.11. The lowest BCUT2D eigenvalue weighted by Gasteiger charge is -2.39. The van der Waals surface area contributed by atoms with Crippen LogP contribution in [0.15, 0.2) is 0 Å². The van der Waals surface area contributed by atoms with Gasteiger partial charge in [-0.3, -0.25) is 23.4 Å². The molecule has 1 saturated heterocycles. The van der Waals surface area contributed by atoms with E-state index in [0.29, 0.717) is 0 Å². The molecular weight excluding hydrogens is 405 g/mol. The molecule has 1 aliphatic rings. The molecule has 1 rings (SSSR count). The number of amides is 1. The third-order valence-corrected chi connectivity index (χ3v) is 5.12. The summed E-state index contributed by atoms with van der Waals surface area (Å²) in [5.41, 5.74) is -1.56. The SMILES string of the molecule is CC(C)OC(=O)CCNC(=O)[C@@H]1OP(=O)(OCOC(=O)C(C)(C)C)OCC1(C)C. The first-order valence-corrected chi connectivity index (χ1v) is 10.8. The van der Waals surface area contributed by atoms with Gasteiger partial charge in [0.05, 0.1) is 24.5 Å². The highest BCUT2D eigenvalue weighted by Gasteiger charge is 2.49. The average molecular weight is 437 g/mol. The molecule has 0 saturated carbocycles. The zero-order valence-corrected chi connectivity index (χ0v) is 19.0. The first kappa shape index (κ1) is 25.6. The summed E-state index contributed by atoms with van der Waals surface area (Å²) >= 11 is 0. The average Bonchev–Trinajstić information content (AvgIpc) is 2.55. The highest BCUT2D eigenvalue weighted by Crippen LogP contribution is 2.57. The zero-order chi connectivity index (χ0) is 22.5. The number of rotatable bonds is 8. The minimum Gasteiger partial charge on any atom is -0.463 e. The van der Waals surface area contributed by atoms with Crippen molar-refractivity contribution in [3.63, 3.8) is 0 Å². The third-order valence-electron chi connectivity index (χ3n) is 3.79. The van der Waals surface area contributed by atoms with E-state index < -0.39 is 49.4 Å². The number of nitrogens with one attached hydrogen (secondary N) is 1. The maximum absolute atomic E-state index is 12.7. The molecule has 0 radical (unpaired) electrons. The van der Waals surface area contributed by atoms with Crippen LogP contribution in [-0.2, 0) is 42.0 Å². The summed E-state index contributed by atoms with van der Waals surface area (Å²) in [5.74, 6) is -1.56. The van der Waals surface area contributed by atoms with Crippen LogP contribution in [0.25, 0.3) is 0 Å². The lowest BCUT2D eigenvalue weighted by molar-refractivity contribution is -0.163. The predicted octanol–water partition coefficient (Wildman–Crippen LogP) is 2.56. The number of phosphoric ester groups is 1. The maximum Gasteiger partial charge on any atom is 0.478 e. The molecule has 168 valence electrons. The van der Waals surface area contributed by atoms with Crippen molar-refractivity contribution < 1.29 is 42.0 Å². The van der Waals surface area contributed by atoms with Gasteiger partial charge in [-0.1, -0.05) is 13.8 Å². The molecule has 0 aromatic heterocycles. The van der Waals surface area contributed by atoms with Gasteiger partial charge in [0.2, 0.25) is 12.7 Å². The molecule has 1 amide bonds. The molecule has 1 unspecified atom stereocenters. The van der Waals surface area contributed by atoms with Crippen LogP contribution in [0.1, 0.15) is 54.9 Å². The van der Waals surface area contributed by atoms with Crippen molar-refractivity contribution in [1.82, 2.24) is 5.32 Å². The fraction of sp³-hybridized carbons (Fsp3) is 0.833. The first-order chi connectivity index (χ1) is 13.2. The molecule has 1 aliphatic heterocycles. The van der Waals surface area contributed by atoms with E-state index in [9.17, 15) is 18.9 Å². The molecule has 0 aromatic carbocycles. The second-order valence-electron chi connectivity index (χ2n) is 8.70. The van der Waals surface area contributed by atoms with Crippen LogP contribution in [0.4, 0.5) is 0 Å². The second-order valence-corrected chi connectivity index (χ2v) is 10.3. The Morgan fingerprint density at radius 1 is 1.24 bits per heavy atom. The van der Waals surface area contributed by atoms with Crippen molar-refractivity contribution in [3.05, 3.63) is 0 Å². The van der Waals surface area contributed by atoms with E-state index in [1.54, 1.807) is 48.5 Å². The fourth-order valence-corrected chi connectivity index (χ4v) is 3.67. The van der Waals surface area contributed by atoms with Crippen molar-refractivity contribution >= 4 is 25.7 Å². The van der Waals surface area contributed by atoms with Crippen LogP contribution in [-0.4, -0.2) is 50.0 Å². The Balaban J connectivity index is 2.62. The summed E-state index contributed by atoms with van der Waals surface area (Å²) < 4.78 is 38.1. The Labute approximate surface area is 171 Å². The number of hydrogen-bond donors (Lipinski definition) is 1. The molecule has 0 aromatic rings. The van der Waals surface area contributed by atoms with Gasteiger partial charge in [-0.05, 0) is 34.6 Å². The highest BCUT2D eigenvalue weighted by atomic mass is 31.2. The largest absolute Gasteiger partial charge is 0.478 e. The molecule has 10 nitrogen and oxygen atoms in total. The topological polar surface area (TPSA) is 126 Å². The normalized spacial score (nSPS) is 24.1. The van der Waals surface area contributed by atoms with E-state index in [-0.39, 0.29) is 25.7 Å². The minimum absolute atomic E-state index is 0.00944. The standard InChI is InChI=1S/C18H32NO9P/c1-12(2)27-13(20)8-9-19-15(21)14-18(6,7)10-25-29(23,28-14)26-11-24-16(22)17(3,4)5/h12,14H,8-11H2,1-7H3,(H,19,21)/t14-,29?/m0/s1. The van der Waals surface area contributed by atoms with E-state index in [4.69, 9.17) is 23.0 Å². The number of carbonyl (C=O) groups excluding carboxylic acids is 3.